The molecule has 2 aromatic heterocycles. The molecule has 1 aromatic carbocycles. The van der Waals surface area contributed by atoms with E-state index >= 15 is 0 Å². The van der Waals surface area contributed by atoms with E-state index in [1.165, 1.54) is 0 Å². The number of amides is 1. The van der Waals surface area contributed by atoms with Crippen LogP contribution in [0.25, 0.3) is 0 Å². The first-order valence-electron chi connectivity index (χ1n) is 7.76. The second-order valence-electron chi connectivity index (χ2n) is 5.68. The topological polar surface area (TPSA) is 64.7 Å². The van der Waals surface area contributed by atoms with Crippen molar-refractivity contribution in [3.63, 3.8) is 0 Å². The summed E-state index contributed by atoms with van der Waals surface area (Å²) in [7, 11) is 0. The Kier molecular flexibility index (Phi) is 5.55. The highest BCUT2D eigenvalue weighted by Crippen LogP contribution is 2.15. The van der Waals surface area contributed by atoms with Crippen molar-refractivity contribution in [3.8, 4) is 0 Å². The number of nitrogens with one attached hydrogen (secondary N) is 1. The number of rotatable bonds is 6. The van der Waals surface area contributed by atoms with Crippen molar-refractivity contribution in [2.75, 3.05) is 5.32 Å². The van der Waals surface area contributed by atoms with Crippen LogP contribution in [0.3, 0.4) is 0 Å². The SMILES string of the molecule is Cc1nn(CCC(=O)Nc2cccc(Cn3cc(Cl)cn3)c2)cc1Br. The van der Waals surface area contributed by atoms with Gasteiger partial charge in [0.15, 0.2) is 0 Å². The Morgan fingerprint density at radius 1 is 1.32 bits per heavy atom. The Morgan fingerprint density at radius 3 is 2.84 bits per heavy atom. The van der Waals surface area contributed by atoms with Gasteiger partial charge in [-0.2, -0.15) is 10.2 Å². The van der Waals surface area contributed by atoms with Crippen molar-refractivity contribution in [2.24, 2.45) is 0 Å². The predicted octanol–water partition coefficient (Wildman–Crippen LogP) is 3.88. The highest BCUT2D eigenvalue weighted by molar-refractivity contribution is 9.10. The average Bonchev–Trinajstić information content (AvgIpc) is 3.11. The number of aromatic nitrogens is 4. The molecule has 0 saturated carbocycles. The Morgan fingerprint density at radius 2 is 2.16 bits per heavy atom. The zero-order chi connectivity index (χ0) is 17.8. The molecule has 6 nitrogen and oxygen atoms in total. The highest BCUT2D eigenvalue weighted by atomic mass is 79.9. The normalized spacial score (nSPS) is 10.8. The minimum atomic E-state index is -0.0523. The molecule has 0 unspecified atom stereocenters. The summed E-state index contributed by atoms with van der Waals surface area (Å²) in [5.74, 6) is -0.0523. The van der Waals surface area contributed by atoms with E-state index in [9.17, 15) is 4.79 Å². The molecule has 3 rings (SSSR count). The van der Waals surface area contributed by atoms with E-state index in [-0.39, 0.29) is 5.91 Å². The van der Waals surface area contributed by atoms with Gasteiger partial charge in [-0.05, 0) is 40.5 Å². The number of anilines is 1. The summed E-state index contributed by atoms with van der Waals surface area (Å²) in [6, 6.07) is 7.69. The molecule has 0 aliphatic heterocycles. The van der Waals surface area contributed by atoms with Gasteiger partial charge in [-0.1, -0.05) is 23.7 Å². The first-order chi connectivity index (χ1) is 12.0. The molecule has 0 radical (unpaired) electrons. The smallest absolute Gasteiger partial charge is 0.226 e. The van der Waals surface area contributed by atoms with Crippen LogP contribution in [0.1, 0.15) is 17.7 Å². The predicted molar refractivity (Wildman–Crippen MR) is 101 cm³/mol. The summed E-state index contributed by atoms with van der Waals surface area (Å²) >= 11 is 9.29. The number of halogens is 2. The van der Waals surface area contributed by atoms with Gasteiger partial charge in [0.1, 0.15) is 0 Å². The molecule has 0 spiro atoms. The summed E-state index contributed by atoms with van der Waals surface area (Å²) in [5, 5.41) is 12.0. The van der Waals surface area contributed by atoms with Gasteiger partial charge in [0.05, 0.1) is 27.9 Å². The Bertz CT molecular complexity index is 869. The molecule has 25 heavy (non-hydrogen) atoms. The van der Waals surface area contributed by atoms with Crippen molar-refractivity contribution in [1.29, 1.82) is 0 Å². The zero-order valence-corrected chi connectivity index (χ0v) is 16.0. The van der Waals surface area contributed by atoms with Crippen LogP contribution in [0.15, 0.2) is 47.3 Å². The average molecular weight is 423 g/mol. The van der Waals surface area contributed by atoms with E-state index < -0.39 is 0 Å². The molecule has 130 valence electrons. The van der Waals surface area contributed by atoms with Crippen molar-refractivity contribution >= 4 is 39.1 Å². The van der Waals surface area contributed by atoms with E-state index in [2.05, 4.69) is 31.4 Å². The Hall–Kier alpha value is -2.12. The third-order valence-electron chi connectivity index (χ3n) is 3.61. The van der Waals surface area contributed by atoms with Gasteiger partial charge in [0.25, 0.3) is 0 Å². The van der Waals surface area contributed by atoms with Gasteiger partial charge in [-0.15, -0.1) is 0 Å². The fourth-order valence-corrected chi connectivity index (χ4v) is 2.88. The van der Waals surface area contributed by atoms with Gasteiger partial charge < -0.3 is 5.32 Å². The molecule has 3 aromatic rings. The quantitative estimate of drug-likeness (QED) is 0.655. The number of aryl methyl sites for hydroxylation is 2. The zero-order valence-electron chi connectivity index (χ0n) is 13.6. The molecule has 0 atom stereocenters. The fourth-order valence-electron chi connectivity index (χ4n) is 2.41. The van der Waals surface area contributed by atoms with Crippen LogP contribution in [0.2, 0.25) is 5.02 Å². The maximum atomic E-state index is 12.2. The summed E-state index contributed by atoms with van der Waals surface area (Å²) in [4.78, 5) is 12.2. The summed E-state index contributed by atoms with van der Waals surface area (Å²) < 4.78 is 4.46. The first-order valence-corrected chi connectivity index (χ1v) is 8.93. The van der Waals surface area contributed by atoms with Gasteiger partial charge >= 0.3 is 0 Å². The van der Waals surface area contributed by atoms with E-state index in [1.807, 2.05) is 37.4 Å². The number of carbonyl (C=O) groups is 1. The van der Waals surface area contributed by atoms with Crippen molar-refractivity contribution in [3.05, 3.63) is 63.6 Å². The molecule has 1 N–H and O–H groups in total. The molecule has 0 bridgehead atoms. The van der Waals surface area contributed by atoms with Crippen LogP contribution in [0.4, 0.5) is 5.69 Å². The van der Waals surface area contributed by atoms with Crippen LogP contribution in [0, 0.1) is 6.92 Å². The fraction of sp³-hybridized carbons (Fsp3) is 0.235. The third kappa shape index (κ3) is 4.93. The van der Waals surface area contributed by atoms with Crippen LogP contribution >= 0.6 is 27.5 Å². The molecular formula is C17H17BrClN5O. The number of hydrogen-bond acceptors (Lipinski definition) is 3. The molecule has 1 amide bonds. The van der Waals surface area contributed by atoms with Crippen molar-refractivity contribution < 1.29 is 4.79 Å². The van der Waals surface area contributed by atoms with E-state index in [1.54, 1.807) is 21.8 Å². The molecule has 0 aliphatic carbocycles. The van der Waals surface area contributed by atoms with E-state index in [0.29, 0.717) is 24.5 Å². The van der Waals surface area contributed by atoms with Crippen LogP contribution in [-0.2, 0) is 17.9 Å². The lowest BCUT2D eigenvalue weighted by Crippen LogP contribution is -2.15. The molecular weight excluding hydrogens is 406 g/mol. The lowest BCUT2D eigenvalue weighted by molar-refractivity contribution is -0.116. The van der Waals surface area contributed by atoms with E-state index in [0.717, 1.165) is 21.4 Å². The van der Waals surface area contributed by atoms with Crippen LogP contribution in [-0.4, -0.2) is 25.5 Å². The largest absolute Gasteiger partial charge is 0.326 e. The van der Waals surface area contributed by atoms with E-state index in [4.69, 9.17) is 11.6 Å². The molecule has 8 heteroatoms. The number of nitrogens with zero attached hydrogens (tertiary/aromatic N) is 4. The van der Waals surface area contributed by atoms with Crippen molar-refractivity contribution in [1.82, 2.24) is 19.6 Å². The molecule has 0 fully saturated rings. The summed E-state index contributed by atoms with van der Waals surface area (Å²) in [6.07, 6.45) is 5.59. The lowest BCUT2D eigenvalue weighted by atomic mass is 10.2. The number of carbonyl (C=O) groups excluding carboxylic acids is 1. The minimum absolute atomic E-state index is 0.0523. The maximum Gasteiger partial charge on any atom is 0.226 e. The number of benzene rings is 1. The van der Waals surface area contributed by atoms with Crippen LogP contribution in [0.5, 0.6) is 0 Å². The summed E-state index contributed by atoms with van der Waals surface area (Å²) in [6.45, 7) is 3.04. The van der Waals surface area contributed by atoms with Gasteiger partial charge in [-0.3, -0.25) is 14.2 Å². The molecule has 0 aliphatic rings. The Balaban J connectivity index is 1.56. The first kappa shape index (κ1) is 17.7. The van der Waals surface area contributed by atoms with Gasteiger partial charge in [0.2, 0.25) is 5.91 Å². The molecule has 0 saturated heterocycles. The highest BCUT2D eigenvalue weighted by Gasteiger charge is 2.07. The standard InChI is InChI=1S/C17H17BrClN5O/c1-12-16(18)11-23(22-12)6-5-17(25)21-15-4-2-3-13(7-15)9-24-10-14(19)8-20-24/h2-4,7-8,10-11H,5-6,9H2,1H3,(H,21,25). The lowest BCUT2D eigenvalue weighted by Gasteiger charge is -2.08. The van der Waals surface area contributed by atoms with Gasteiger partial charge in [-0.25, -0.2) is 0 Å². The summed E-state index contributed by atoms with van der Waals surface area (Å²) in [5.41, 5.74) is 2.70. The second-order valence-corrected chi connectivity index (χ2v) is 6.97. The monoisotopic (exact) mass is 421 g/mol. The molecule has 2 heterocycles. The maximum absolute atomic E-state index is 12.2. The van der Waals surface area contributed by atoms with Crippen LogP contribution < -0.4 is 5.32 Å². The second kappa shape index (κ2) is 7.84. The number of hydrogen-bond donors (Lipinski definition) is 1. The van der Waals surface area contributed by atoms with Crippen molar-refractivity contribution in [2.45, 2.75) is 26.4 Å². The third-order valence-corrected chi connectivity index (χ3v) is 4.59. The Labute approximate surface area is 158 Å². The van der Waals surface area contributed by atoms with Gasteiger partial charge in [0, 0.05) is 31.0 Å². The minimum Gasteiger partial charge on any atom is -0.326 e.